The molecule has 0 spiro atoms. The SMILES string of the molecule is COc1ccc(C(=O)N(C2CC2)[C@@H](C)C(C)C)cc1-n1cnnn1. The van der Waals surface area contributed by atoms with Crippen molar-refractivity contribution in [3.05, 3.63) is 30.1 Å². The van der Waals surface area contributed by atoms with E-state index in [4.69, 9.17) is 4.74 Å². The van der Waals surface area contributed by atoms with Crippen LogP contribution in [0.5, 0.6) is 5.75 Å². The first-order chi connectivity index (χ1) is 11.5. The van der Waals surface area contributed by atoms with E-state index in [1.807, 2.05) is 4.90 Å². The van der Waals surface area contributed by atoms with Crippen molar-refractivity contribution < 1.29 is 9.53 Å². The summed E-state index contributed by atoms with van der Waals surface area (Å²) < 4.78 is 6.87. The number of benzene rings is 1. The summed E-state index contributed by atoms with van der Waals surface area (Å²) in [5.41, 5.74) is 1.28. The Hall–Kier alpha value is -2.44. The molecular weight excluding hydrogens is 306 g/mol. The standard InChI is InChI=1S/C17H23N5O2/c1-11(2)12(3)22(14-6-7-14)17(23)13-5-8-16(24-4)15(9-13)21-10-18-19-20-21/h5,8-12,14H,6-7H2,1-4H3/t12-/m0/s1. The van der Waals surface area contributed by atoms with Crippen molar-refractivity contribution in [2.75, 3.05) is 7.11 Å². The lowest BCUT2D eigenvalue weighted by atomic mass is 10.0. The van der Waals surface area contributed by atoms with Crippen molar-refractivity contribution in [1.82, 2.24) is 25.1 Å². The highest BCUT2D eigenvalue weighted by Crippen LogP contribution is 2.33. The maximum atomic E-state index is 13.1. The van der Waals surface area contributed by atoms with E-state index in [-0.39, 0.29) is 11.9 Å². The fraction of sp³-hybridized carbons (Fsp3) is 0.529. The van der Waals surface area contributed by atoms with Crippen LogP contribution in [-0.2, 0) is 0 Å². The van der Waals surface area contributed by atoms with E-state index in [2.05, 4.69) is 36.3 Å². The molecule has 2 aromatic rings. The first-order valence-electron chi connectivity index (χ1n) is 8.27. The Morgan fingerprint density at radius 1 is 1.33 bits per heavy atom. The number of ether oxygens (including phenoxy) is 1. The normalized spacial score (nSPS) is 15.4. The zero-order valence-corrected chi connectivity index (χ0v) is 14.5. The second-order valence-corrected chi connectivity index (χ2v) is 6.57. The van der Waals surface area contributed by atoms with E-state index >= 15 is 0 Å². The zero-order valence-electron chi connectivity index (χ0n) is 14.5. The summed E-state index contributed by atoms with van der Waals surface area (Å²) >= 11 is 0. The molecule has 0 bridgehead atoms. The number of aromatic nitrogens is 4. The van der Waals surface area contributed by atoms with Crippen LogP contribution in [-0.4, -0.2) is 50.2 Å². The molecule has 1 aliphatic rings. The number of rotatable bonds is 6. The molecule has 1 heterocycles. The van der Waals surface area contributed by atoms with E-state index in [1.165, 1.54) is 11.0 Å². The van der Waals surface area contributed by atoms with Gasteiger partial charge in [-0.1, -0.05) is 13.8 Å². The topological polar surface area (TPSA) is 73.1 Å². The van der Waals surface area contributed by atoms with Gasteiger partial charge in [0.15, 0.2) is 0 Å². The molecular formula is C17H23N5O2. The first-order valence-corrected chi connectivity index (χ1v) is 8.27. The summed E-state index contributed by atoms with van der Waals surface area (Å²) in [6, 6.07) is 5.93. The van der Waals surface area contributed by atoms with Crippen molar-refractivity contribution >= 4 is 5.91 Å². The zero-order chi connectivity index (χ0) is 17.3. The van der Waals surface area contributed by atoms with E-state index < -0.39 is 0 Å². The van der Waals surface area contributed by atoms with Gasteiger partial charge < -0.3 is 9.64 Å². The number of methoxy groups -OCH3 is 1. The molecule has 7 heteroatoms. The van der Waals surface area contributed by atoms with Gasteiger partial charge in [-0.3, -0.25) is 4.79 Å². The first kappa shape index (κ1) is 16.4. The Labute approximate surface area is 141 Å². The minimum Gasteiger partial charge on any atom is -0.494 e. The highest BCUT2D eigenvalue weighted by Gasteiger charge is 2.37. The molecule has 7 nitrogen and oxygen atoms in total. The molecule has 0 radical (unpaired) electrons. The van der Waals surface area contributed by atoms with Crippen LogP contribution in [0.25, 0.3) is 5.69 Å². The third-order valence-corrected chi connectivity index (χ3v) is 4.60. The van der Waals surface area contributed by atoms with Crippen LogP contribution in [0.1, 0.15) is 44.0 Å². The van der Waals surface area contributed by atoms with Gasteiger partial charge in [-0.2, -0.15) is 4.68 Å². The average molecular weight is 329 g/mol. The van der Waals surface area contributed by atoms with Crippen LogP contribution in [0.4, 0.5) is 0 Å². The summed E-state index contributed by atoms with van der Waals surface area (Å²) in [6.45, 7) is 6.41. The number of carbonyl (C=O) groups is 1. The van der Waals surface area contributed by atoms with Crippen LogP contribution >= 0.6 is 0 Å². The number of nitrogens with zero attached hydrogens (tertiary/aromatic N) is 5. The van der Waals surface area contributed by atoms with Gasteiger partial charge in [-0.05, 0) is 54.3 Å². The number of hydrogen-bond donors (Lipinski definition) is 0. The van der Waals surface area contributed by atoms with Crippen molar-refractivity contribution in [3.63, 3.8) is 0 Å². The van der Waals surface area contributed by atoms with E-state index in [0.29, 0.717) is 29.0 Å². The Morgan fingerprint density at radius 2 is 2.08 bits per heavy atom. The average Bonchev–Trinajstić information content (AvgIpc) is 3.26. The van der Waals surface area contributed by atoms with Crippen molar-refractivity contribution in [3.8, 4) is 11.4 Å². The fourth-order valence-electron chi connectivity index (χ4n) is 2.78. The molecule has 1 saturated carbocycles. The van der Waals surface area contributed by atoms with Crippen molar-refractivity contribution in [1.29, 1.82) is 0 Å². The number of amides is 1. The summed E-state index contributed by atoms with van der Waals surface area (Å²) in [5, 5.41) is 11.2. The summed E-state index contributed by atoms with van der Waals surface area (Å²) in [6.07, 6.45) is 3.65. The molecule has 0 saturated heterocycles. The lowest BCUT2D eigenvalue weighted by Gasteiger charge is -2.32. The molecule has 0 unspecified atom stereocenters. The molecule has 1 atom stereocenters. The maximum Gasteiger partial charge on any atom is 0.254 e. The highest BCUT2D eigenvalue weighted by atomic mass is 16.5. The molecule has 1 aromatic carbocycles. The molecule has 1 amide bonds. The minimum atomic E-state index is 0.0516. The Balaban J connectivity index is 1.96. The number of carbonyl (C=O) groups excluding carboxylic acids is 1. The van der Waals surface area contributed by atoms with Gasteiger partial charge >= 0.3 is 0 Å². The summed E-state index contributed by atoms with van der Waals surface area (Å²) in [7, 11) is 1.59. The molecule has 1 aliphatic carbocycles. The smallest absolute Gasteiger partial charge is 0.254 e. The van der Waals surface area contributed by atoms with Gasteiger partial charge in [0.05, 0.1) is 7.11 Å². The van der Waals surface area contributed by atoms with Gasteiger partial charge in [0.25, 0.3) is 5.91 Å². The van der Waals surface area contributed by atoms with Crippen LogP contribution < -0.4 is 4.74 Å². The Morgan fingerprint density at radius 3 is 2.62 bits per heavy atom. The number of tetrazole rings is 1. The highest BCUT2D eigenvalue weighted by molar-refractivity contribution is 5.95. The van der Waals surface area contributed by atoms with Gasteiger partial charge in [0.1, 0.15) is 17.8 Å². The molecule has 1 aromatic heterocycles. The lowest BCUT2D eigenvalue weighted by Crippen LogP contribution is -2.43. The minimum absolute atomic E-state index is 0.0516. The van der Waals surface area contributed by atoms with Crippen LogP contribution in [0.15, 0.2) is 24.5 Å². The van der Waals surface area contributed by atoms with E-state index in [1.54, 1.807) is 25.3 Å². The van der Waals surface area contributed by atoms with Crippen LogP contribution in [0.3, 0.4) is 0 Å². The molecule has 0 N–H and O–H groups in total. The van der Waals surface area contributed by atoms with Crippen molar-refractivity contribution in [2.45, 2.75) is 45.7 Å². The fourth-order valence-corrected chi connectivity index (χ4v) is 2.78. The molecule has 0 aliphatic heterocycles. The molecule has 24 heavy (non-hydrogen) atoms. The largest absolute Gasteiger partial charge is 0.494 e. The number of hydrogen-bond acceptors (Lipinski definition) is 5. The van der Waals surface area contributed by atoms with Gasteiger partial charge in [0.2, 0.25) is 0 Å². The van der Waals surface area contributed by atoms with E-state index in [9.17, 15) is 4.79 Å². The van der Waals surface area contributed by atoms with Gasteiger partial charge in [-0.25, -0.2) is 0 Å². The van der Waals surface area contributed by atoms with E-state index in [0.717, 1.165) is 12.8 Å². The van der Waals surface area contributed by atoms with Crippen LogP contribution in [0.2, 0.25) is 0 Å². The second-order valence-electron chi connectivity index (χ2n) is 6.57. The second kappa shape index (κ2) is 6.59. The van der Waals surface area contributed by atoms with Crippen LogP contribution in [0, 0.1) is 5.92 Å². The van der Waals surface area contributed by atoms with Gasteiger partial charge in [0, 0.05) is 17.6 Å². The summed E-state index contributed by atoms with van der Waals surface area (Å²) in [5.74, 6) is 1.08. The summed E-state index contributed by atoms with van der Waals surface area (Å²) in [4.78, 5) is 15.1. The van der Waals surface area contributed by atoms with Gasteiger partial charge in [-0.15, -0.1) is 5.10 Å². The monoisotopic (exact) mass is 329 g/mol. The Kier molecular flexibility index (Phi) is 4.51. The Bertz CT molecular complexity index is 710. The predicted molar refractivity (Wildman–Crippen MR) is 89.2 cm³/mol. The third-order valence-electron chi connectivity index (χ3n) is 4.60. The maximum absolute atomic E-state index is 13.1. The predicted octanol–water partition coefficient (Wildman–Crippen LogP) is 2.32. The lowest BCUT2D eigenvalue weighted by molar-refractivity contribution is 0.0628. The molecule has 3 rings (SSSR count). The van der Waals surface area contributed by atoms with Crippen molar-refractivity contribution in [2.24, 2.45) is 5.92 Å². The third kappa shape index (κ3) is 3.11. The quantitative estimate of drug-likeness (QED) is 0.813. The molecule has 1 fully saturated rings. The molecule has 128 valence electrons.